The smallest absolute Gasteiger partial charge is 0.336 e. The molecule has 3 N–H and O–H groups in total. The van der Waals surface area contributed by atoms with E-state index in [0.717, 1.165) is 6.92 Å². The number of aliphatic carboxylic acids is 1. The number of carbonyl (C=O) groups is 4. The lowest BCUT2D eigenvalue weighted by molar-refractivity contribution is -0.175. The second-order valence-electron chi connectivity index (χ2n) is 3.60. The van der Waals surface area contributed by atoms with E-state index in [-0.39, 0.29) is 6.61 Å². The third-order valence-corrected chi connectivity index (χ3v) is 1.88. The van der Waals surface area contributed by atoms with Crippen LogP contribution in [0.25, 0.3) is 0 Å². The van der Waals surface area contributed by atoms with E-state index < -0.39 is 48.9 Å². The van der Waals surface area contributed by atoms with Crippen LogP contribution in [0.15, 0.2) is 0 Å². The molecule has 0 saturated carbocycles. The fraction of sp³-hybridized carbons (Fsp3) is 0.600. The Hall–Kier alpha value is -2.00. The Morgan fingerprint density at radius 3 is 2.05 bits per heavy atom. The van der Waals surface area contributed by atoms with Gasteiger partial charge in [0.15, 0.2) is 5.60 Å². The Morgan fingerprint density at radius 2 is 1.63 bits per heavy atom. The molecule has 0 aromatic carbocycles. The van der Waals surface area contributed by atoms with E-state index in [1.54, 1.807) is 0 Å². The second-order valence-corrected chi connectivity index (χ2v) is 3.60. The molecule has 0 fully saturated rings. The lowest BCUT2D eigenvalue weighted by Crippen LogP contribution is -2.43. The van der Waals surface area contributed by atoms with Crippen LogP contribution in [0.4, 0.5) is 0 Å². The van der Waals surface area contributed by atoms with Crippen LogP contribution in [-0.2, 0) is 28.7 Å². The summed E-state index contributed by atoms with van der Waals surface area (Å²) in [5, 5.41) is 26.9. The number of aliphatic hydroxyl groups is 2. The zero-order valence-electron chi connectivity index (χ0n) is 10.1. The first kappa shape index (κ1) is 17.0. The lowest BCUT2D eigenvalue weighted by Gasteiger charge is -2.20. The van der Waals surface area contributed by atoms with Crippen molar-refractivity contribution in [2.45, 2.75) is 25.4 Å². The molecule has 0 aromatic rings. The van der Waals surface area contributed by atoms with Crippen LogP contribution >= 0.6 is 0 Å². The number of hydrogen-bond acceptors (Lipinski definition) is 8. The molecule has 0 aromatic heterocycles. The van der Waals surface area contributed by atoms with Crippen molar-refractivity contribution in [3.8, 4) is 0 Å². The van der Waals surface area contributed by atoms with Crippen LogP contribution in [0.5, 0.6) is 0 Å². The largest absolute Gasteiger partial charge is 0.479 e. The second kappa shape index (κ2) is 7.44. The SMILES string of the molecule is CC(=O)OC(=O)CC(O)(CC(=O)OCCO)C(=O)O. The van der Waals surface area contributed by atoms with Crippen molar-refractivity contribution in [2.75, 3.05) is 13.2 Å². The average Bonchev–Trinajstić information content (AvgIpc) is 2.24. The van der Waals surface area contributed by atoms with Crippen LogP contribution in [0.2, 0.25) is 0 Å². The standard InChI is InChI=1S/C10H14O9/c1-6(12)19-8(14)5-10(17,9(15)16)4-7(13)18-3-2-11/h11,17H,2-5H2,1H3,(H,15,16). The van der Waals surface area contributed by atoms with Gasteiger partial charge >= 0.3 is 23.9 Å². The van der Waals surface area contributed by atoms with Crippen molar-refractivity contribution in [1.82, 2.24) is 0 Å². The highest BCUT2D eigenvalue weighted by molar-refractivity contribution is 5.91. The Kier molecular flexibility index (Phi) is 6.66. The Labute approximate surface area is 107 Å². The maximum absolute atomic E-state index is 11.1. The molecule has 1 unspecified atom stereocenters. The monoisotopic (exact) mass is 278 g/mol. The van der Waals surface area contributed by atoms with Gasteiger partial charge in [0.25, 0.3) is 0 Å². The molecule has 0 aliphatic heterocycles. The summed E-state index contributed by atoms with van der Waals surface area (Å²) >= 11 is 0. The number of aliphatic hydroxyl groups excluding tert-OH is 1. The molecule has 0 radical (unpaired) electrons. The summed E-state index contributed by atoms with van der Waals surface area (Å²) in [5.41, 5.74) is -2.74. The molecule has 0 bridgehead atoms. The zero-order chi connectivity index (χ0) is 15.1. The highest BCUT2D eigenvalue weighted by Crippen LogP contribution is 2.18. The number of carboxylic acids is 1. The van der Waals surface area contributed by atoms with Crippen molar-refractivity contribution < 1.29 is 44.0 Å². The van der Waals surface area contributed by atoms with Crippen LogP contribution in [0.1, 0.15) is 19.8 Å². The number of carboxylic acid groups (broad SMARTS) is 1. The van der Waals surface area contributed by atoms with Gasteiger partial charge in [-0.3, -0.25) is 14.4 Å². The van der Waals surface area contributed by atoms with Crippen LogP contribution in [0, 0.1) is 0 Å². The Bertz CT molecular complexity index is 375. The van der Waals surface area contributed by atoms with E-state index in [9.17, 15) is 24.3 Å². The molecule has 19 heavy (non-hydrogen) atoms. The molecule has 0 saturated heterocycles. The Balaban J connectivity index is 4.67. The summed E-state index contributed by atoms with van der Waals surface area (Å²) < 4.78 is 8.43. The minimum absolute atomic E-state index is 0.369. The van der Waals surface area contributed by atoms with Crippen LogP contribution in [-0.4, -0.2) is 58.0 Å². The van der Waals surface area contributed by atoms with Crippen LogP contribution in [0.3, 0.4) is 0 Å². The number of rotatable bonds is 7. The molecular formula is C10H14O9. The van der Waals surface area contributed by atoms with Gasteiger partial charge in [-0.1, -0.05) is 0 Å². The normalized spacial score (nSPS) is 13.2. The third-order valence-electron chi connectivity index (χ3n) is 1.88. The first-order valence-electron chi connectivity index (χ1n) is 5.15. The van der Waals surface area contributed by atoms with Crippen molar-refractivity contribution >= 4 is 23.9 Å². The van der Waals surface area contributed by atoms with Gasteiger partial charge in [-0.05, 0) is 0 Å². The minimum atomic E-state index is -2.74. The highest BCUT2D eigenvalue weighted by atomic mass is 16.6. The predicted octanol–water partition coefficient (Wildman–Crippen LogP) is -1.79. The van der Waals surface area contributed by atoms with Gasteiger partial charge < -0.3 is 24.8 Å². The topological polar surface area (TPSA) is 147 Å². The number of hydrogen-bond donors (Lipinski definition) is 3. The fourth-order valence-corrected chi connectivity index (χ4v) is 1.10. The summed E-state index contributed by atoms with van der Waals surface area (Å²) in [6.45, 7) is 0.0866. The first-order valence-corrected chi connectivity index (χ1v) is 5.15. The molecule has 0 rings (SSSR count). The van der Waals surface area contributed by atoms with Gasteiger partial charge in [-0.25, -0.2) is 4.79 Å². The summed E-state index contributed by atoms with van der Waals surface area (Å²) in [4.78, 5) is 43.6. The molecule has 0 heterocycles. The van der Waals surface area contributed by atoms with Gasteiger partial charge in [0.1, 0.15) is 6.61 Å². The van der Waals surface area contributed by atoms with Crippen molar-refractivity contribution in [3.63, 3.8) is 0 Å². The highest BCUT2D eigenvalue weighted by Gasteiger charge is 2.42. The van der Waals surface area contributed by atoms with E-state index >= 15 is 0 Å². The van der Waals surface area contributed by atoms with E-state index in [0.29, 0.717) is 0 Å². The van der Waals surface area contributed by atoms with Crippen molar-refractivity contribution in [1.29, 1.82) is 0 Å². The quantitative estimate of drug-likeness (QED) is 0.362. The molecule has 0 spiro atoms. The zero-order valence-corrected chi connectivity index (χ0v) is 10.1. The van der Waals surface area contributed by atoms with Gasteiger partial charge in [0.2, 0.25) is 0 Å². The van der Waals surface area contributed by atoms with Gasteiger partial charge in [0.05, 0.1) is 19.4 Å². The molecule has 0 aliphatic carbocycles. The average molecular weight is 278 g/mol. The molecule has 0 aliphatic rings. The van der Waals surface area contributed by atoms with Crippen molar-refractivity contribution in [3.05, 3.63) is 0 Å². The molecule has 1 atom stereocenters. The fourth-order valence-electron chi connectivity index (χ4n) is 1.10. The van der Waals surface area contributed by atoms with Gasteiger partial charge in [-0.15, -0.1) is 0 Å². The summed E-state index contributed by atoms with van der Waals surface area (Å²) in [6.07, 6.45) is -2.11. The molecule has 108 valence electrons. The van der Waals surface area contributed by atoms with E-state index in [1.807, 2.05) is 0 Å². The predicted molar refractivity (Wildman–Crippen MR) is 56.6 cm³/mol. The minimum Gasteiger partial charge on any atom is -0.479 e. The first-order chi connectivity index (χ1) is 8.71. The molecule has 9 nitrogen and oxygen atoms in total. The summed E-state index contributed by atoms with van der Waals surface area (Å²) in [6, 6.07) is 0. The summed E-state index contributed by atoms with van der Waals surface area (Å²) in [7, 11) is 0. The molecular weight excluding hydrogens is 264 g/mol. The van der Waals surface area contributed by atoms with E-state index in [1.165, 1.54) is 0 Å². The number of ether oxygens (including phenoxy) is 2. The number of carbonyl (C=O) groups excluding carboxylic acids is 3. The van der Waals surface area contributed by atoms with E-state index in [2.05, 4.69) is 9.47 Å². The van der Waals surface area contributed by atoms with Crippen molar-refractivity contribution in [2.24, 2.45) is 0 Å². The van der Waals surface area contributed by atoms with E-state index in [4.69, 9.17) is 10.2 Å². The van der Waals surface area contributed by atoms with Gasteiger partial charge in [0, 0.05) is 6.92 Å². The molecule has 9 heteroatoms. The lowest BCUT2D eigenvalue weighted by atomic mass is 9.96. The Morgan fingerprint density at radius 1 is 1.11 bits per heavy atom. The third kappa shape index (κ3) is 6.48. The van der Waals surface area contributed by atoms with Gasteiger partial charge in [-0.2, -0.15) is 0 Å². The van der Waals surface area contributed by atoms with Crippen LogP contribution < -0.4 is 0 Å². The molecule has 0 amide bonds. The number of esters is 3. The summed E-state index contributed by atoms with van der Waals surface area (Å²) in [5.74, 6) is -5.21. The maximum Gasteiger partial charge on any atom is 0.336 e. The maximum atomic E-state index is 11.1.